The van der Waals surface area contributed by atoms with Gasteiger partial charge in [0.1, 0.15) is 12.4 Å². The van der Waals surface area contributed by atoms with Crippen molar-refractivity contribution in [3.63, 3.8) is 0 Å². The molecule has 1 aromatic heterocycles. The van der Waals surface area contributed by atoms with E-state index in [2.05, 4.69) is 10.6 Å². The molecule has 1 saturated carbocycles. The Bertz CT molecular complexity index is 1220. The minimum Gasteiger partial charge on any atom is -0.489 e. The summed E-state index contributed by atoms with van der Waals surface area (Å²) >= 11 is 0. The SMILES string of the molecule is O=C(O)CC1CCc2cc3ccc(OCc4ccc(CC5CCCCC5)c(C(F)(F)F)c4)cc3n21. The van der Waals surface area contributed by atoms with Crippen LogP contribution in [-0.2, 0) is 30.4 Å². The van der Waals surface area contributed by atoms with Gasteiger partial charge in [-0.25, -0.2) is 0 Å². The molecule has 3 aromatic rings. The molecule has 0 saturated heterocycles. The van der Waals surface area contributed by atoms with E-state index in [9.17, 15) is 23.1 Å². The topological polar surface area (TPSA) is 51.5 Å². The number of aliphatic carboxylic acids is 1. The van der Waals surface area contributed by atoms with E-state index in [1.807, 2.05) is 18.2 Å². The van der Waals surface area contributed by atoms with Gasteiger partial charge in [-0.2, -0.15) is 13.2 Å². The predicted octanol–water partition coefficient (Wildman–Crippen LogP) is 7.32. The Kier molecular flexibility index (Phi) is 6.51. The Morgan fingerprint density at radius 2 is 1.83 bits per heavy atom. The first kappa shape index (κ1) is 23.8. The molecule has 1 unspecified atom stereocenters. The summed E-state index contributed by atoms with van der Waals surface area (Å²) in [4.78, 5) is 11.3. The highest BCUT2D eigenvalue weighted by atomic mass is 19.4. The molecular formula is C28H30F3NO3. The number of benzene rings is 2. The zero-order chi connectivity index (χ0) is 24.6. The van der Waals surface area contributed by atoms with Gasteiger partial charge in [-0.3, -0.25) is 4.79 Å². The summed E-state index contributed by atoms with van der Waals surface area (Å²) in [6.07, 6.45) is 3.14. The maximum absolute atomic E-state index is 13.9. The summed E-state index contributed by atoms with van der Waals surface area (Å²) in [5.41, 5.74) is 2.31. The number of aromatic nitrogens is 1. The second-order valence-corrected chi connectivity index (χ2v) is 10.0. The minimum absolute atomic E-state index is 0.0322. The van der Waals surface area contributed by atoms with Gasteiger partial charge in [0, 0.05) is 23.2 Å². The number of halogens is 3. The summed E-state index contributed by atoms with van der Waals surface area (Å²) in [7, 11) is 0. The molecule has 1 N–H and O–H groups in total. The van der Waals surface area contributed by atoms with Gasteiger partial charge in [0.15, 0.2) is 0 Å². The average Bonchev–Trinajstić information content (AvgIpc) is 3.37. The van der Waals surface area contributed by atoms with Crippen molar-refractivity contribution in [3.8, 4) is 5.75 Å². The lowest BCUT2D eigenvalue weighted by molar-refractivity contribution is -0.139. The van der Waals surface area contributed by atoms with E-state index in [0.717, 1.165) is 55.1 Å². The molecule has 0 spiro atoms. The highest BCUT2D eigenvalue weighted by molar-refractivity contribution is 5.83. The maximum Gasteiger partial charge on any atom is 0.416 e. The Morgan fingerprint density at radius 1 is 1.03 bits per heavy atom. The van der Waals surface area contributed by atoms with Gasteiger partial charge in [-0.1, -0.05) is 44.2 Å². The van der Waals surface area contributed by atoms with Crippen LogP contribution in [0.5, 0.6) is 5.75 Å². The van der Waals surface area contributed by atoms with Gasteiger partial charge in [0.05, 0.1) is 17.5 Å². The highest BCUT2D eigenvalue weighted by Gasteiger charge is 2.34. The molecule has 1 atom stereocenters. The molecule has 0 amide bonds. The van der Waals surface area contributed by atoms with Gasteiger partial charge < -0.3 is 14.4 Å². The summed E-state index contributed by atoms with van der Waals surface area (Å²) in [6, 6.07) is 12.2. The molecule has 2 aromatic carbocycles. The van der Waals surface area contributed by atoms with Crippen LogP contribution in [0.1, 0.15) is 73.4 Å². The second kappa shape index (κ2) is 9.59. The van der Waals surface area contributed by atoms with Gasteiger partial charge in [0.25, 0.3) is 0 Å². The molecule has 1 aliphatic carbocycles. The summed E-state index contributed by atoms with van der Waals surface area (Å²) < 4.78 is 49.5. The largest absolute Gasteiger partial charge is 0.489 e. The van der Waals surface area contributed by atoms with Crippen LogP contribution in [0.15, 0.2) is 42.5 Å². The van der Waals surface area contributed by atoms with Gasteiger partial charge in [0.2, 0.25) is 0 Å². The standard InChI is InChI=1S/C28H30F3NO3/c29-28(30,31)25-13-19(6-7-20(25)12-18-4-2-1-3-5-18)17-35-24-11-8-21-14-22-9-10-23(15-27(33)34)32(22)26(21)16-24/h6-8,11,13-14,16,18,23H,1-5,9-10,12,15,17H2,(H,33,34). The van der Waals surface area contributed by atoms with E-state index in [4.69, 9.17) is 4.74 Å². The number of fused-ring (bicyclic) bond motifs is 3. The molecule has 2 aliphatic rings. The van der Waals surface area contributed by atoms with E-state index in [1.165, 1.54) is 12.5 Å². The first-order valence-corrected chi connectivity index (χ1v) is 12.5. The third-order valence-electron chi connectivity index (χ3n) is 7.52. The monoisotopic (exact) mass is 485 g/mol. The number of carbonyl (C=O) groups is 1. The van der Waals surface area contributed by atoms with Gasteiger partial charge in [-0.15, -0.1) is 0 Å². The van der Waals surface area contributed by atoms with Crippen molar-refractivity contribution in [2.75, 3.05) is 0 Å². The lowest BCUT2D eigenvalue weighted by Gasteiger charge is -2.23. The molecule has 4 nitrogen and oxygen atoms in total. The molecule has 186 valence electrons. The third-order valence-corrected chi connectivity index (χ3v) is 7.52. The normalized spacial score (nSPS) is 18.7. The fourth-order valence-corrected chi connectivity index (χ4v) is 5.83. The number of nitrogens with zero attached hydrogens (tertiary/aromatic N) is 1. The second-order valence-electron chi connectivity index (χ2n) is 10.0. The smallest absolute Gasteiger partial charge is 0.416 e. The lowest BCUT2D eigenvalue weighted by Crippen LogP contribution is -2.15. The Balaban J connectivity index is 1.34. The zero-order valence-electron chi connectivity index (χ0n) is 19.6. The van der Waals surface area contributed by atoms with Crippen LogP contribution < -0.4 is 4.74 Å². The van der Waals surface area contributed by atoms with Crippen molar-refractivity contribution >= 4 is 16.9 Å². The molecule has 1 aliphatic heterocycles. The van der Waals surface area contributed by atoms with E-state index in [0.29, 0.717) is 29.2 Å². The number of alkyl halides is 3. The number of hydrogen-bond donors (Lipinski definition) is 1. The number of carboxylic acids is 1. The van der Waals surface area contributed by atoms with Crippen LogP contribution in [0.3, 0.4) is 0 Å². The number of rotatable bonds is 7. The quantitative estimate of drug-likeness (QED) is 0.381. The van der Waals surface area contributed by atoms with E-state index >= 15 is 0 Å². The van der Waals surface area contributed by atoms with Crippen molar-refractivity contribution in [1.29, 1.82) is 0 Å². The number of carboxylic acid groups (broad SMARTS) is 1. The van der Waals surface area contributed by atoms with Crippen LogP contribution >= 0.6 is 0 Å². The van der Waals surface area contributed by atoms with Gasteiger partial charge >= 0.3 is 12.1 Å². The van der Waals surface area contributed by atoms with Crippen LogP contribution in [0.4, 0.5) is 13.2 Å². The molecule has 7 heteroatoms. The zero-order valence-corrected chi connectivity index (χ0v) is 19.6. The van der Waals surface area contributed by atoms with E-state index < -0.39 is 17.7 Å². The molecule has 35 heavy (non-hydrogen) atoms. The maximum atomic E-state index is 13.9. The highest BCUT2D eigenvalue weighted by Crippen LogP contribution is 2.38. The fourth-order valence-electron chi connectivity index (χ4n) is 5.83. The van der Waals surface area contributed by atoms with Crippen molar-refractivity contribution in [2.24, 2.45) is 5.92 Å². The van der Waals surface area contributed by atoms with Crippen LogP contribution in [0, 0.1) is 5.92 Å². The summed E-state index contributed by atoms with van der Waals surface area (Å²) in [5.74, 6) is 0.0520. The van der Waals surface area contributed by atoms with Crippen molar-refractivity contribution in [3.05, 3.63) is 64.8 Å². The predicted molar refractivity (Wildman–Crippen MR) is 128 cm³/mol. The van der Waals surface area contributed by atoms with E-state index in [1.54, 1.807) is 12.1 Å². The number of ether oxygens (including phenoxy) is 1. The Hall–Kier alpha value is -2.96. The van der Waals surface area contributed by atoms with Crippen LogP contribution in [0.2, 0.25) is 0 Å². The third kappa shape index (κ3) is 5.19. The Morgan fingerprint density at radius 3 is 2.57 bits per heavy atom. The molecule has 1 fully saturated rings. The van der Waals surface area contributed by atoms with Gasteiger partial charge in [-0.05, 0) is 60.6 Å². The Labute approximate surface area is 202 Å². The summed E-state index contributed by atoms with van der Waals surface area (Å²) in [5, 5.41) is 10.3. The molecule has 0 radical (unpaired) electrons. The van der Waals surface area contributed by atoms with Crippen molar-refractivity contribution in [2.45, 2.75) is 76.6 Å². The van der Waals surface area contributed by atoms with Crippen LogP contribution in [-0.4, -0.2) is 15.6 Å². The average molecular weight is 486 g/mol. The van der Waals surface area contributed by atoms with Crippen molar-refractivity contribution < 1.29 is 27.8 Å². The lowest BCUT2D eigenvalue weighted by atomic mass is 9.83. The fraction of sp³-hybridized carbons (Fsp3) is 0.464. The van der Waals surface area contributed by atoms with Crippen molar-refractivity contribution in [1.82, 2.24) is 4.57 Å². The molecular weight excluding hydrogens is 455 g/mol. The number of hydrogen-bond acceptors (Lipinski definition) is 2. The summed E-state index contributed by atoms with van der Waals surface area (Å²) in [6.45, 7) is 0.0322. The first-order valence-electron chi connectivity index (χ1n) is 12.5. The molecule has 2 heterocycles. The number of aryl methyl sites for hydroxylation is 1. The molecule has 5 rings (SSSR count). The minimum atomic E-state index is -4.40. The van der Waals surface area contributed by atoms with E-state index in [-0.39, 0.29) is 19.1 Å². The first-order chi connectivity index (χ1) is 16.8. The van der Waals surface area contributed by atoms with Crippen LogP contribution in [0.25, 0.3) is 10.9 Å². The molecule has 0 bridgehead atoms.